The third-order valence-corrected chi connectivity index (χ3v) is 4.11. The fraction of sp³-hybridized carbons (Fsp3) is 0.300. The Morgan fingerprint density at radius 2 is 1.83 bits per heavy atom. The summed E-state index contributed by atoms with van der Waals surface area (Å²) in [5.41, 5.74) is 2.32. The van der Waals surface area contributed by atoms with E-state index in [2.05, 4.69) is 30.4 Å². The highest BCUT2D eigenvalue weighted by Crippen LogP contribution is 2.22. The highest BCUT2D eigenvalue weighted by molar-refractivity contribution is 6.07. The molecule has 3 rings (SSSR count). The van der Waals surface area contributed by atoms with Crippen molar-refractivity contribution >= 4 is 27.7 Å². The van der Waals surface area contributed by atoms with E-state index in [4.69, 9.17) is 4.98 Å². The average molecular weight is 321 g/mol. The highest BCUT2D eigenvalue weighted by Gasteiger charge is 2.11. The standard InChI is InChI=1S/C20H23N3O/c1-23(2)13-6-5-12-21-20(24)17-10-7-9-16-14-15-8-3-4-11-18(15)22-19(16)17/h3-4,7-11,14H,5-6,12-13H2,1-2H3,(H,21,24). The van der Waals surface area contributed by atoms with Gasteiger partial charge in [-0.1, -0.05) is 30.3 Å². The monoisotopic (exact) mass is 321 g/mol. The summed E-state index contributed by atoms with van der Waals surface area (Å²) < 4.78 is 0. The fourth-order valence-electron chi connectivity index (χ4n) is 2.84. The van der Waals surface area contributed by atoms with Gasteiger partial charge >= 0.3 is 0 Å². The quantitative estimate of drug-likeness (QED) is 0.558. The van der Waals surface area contributed by atoms with Gasteiger partial charge in [0.25, 0.3) is 5.91 Å². The maximum Gasteiger partial charge on any atom is 0.253 e. The summed E-state index contributed by atoms with van der Waals surface area (Å²) in [6, 6.07) is 15.8. The molecule has 0 saturated heterocycles. The number of para-hydroxylation sites is 2. The number of aromatic nitrogens is 1. The SMILES string of the molecule is CN(C)CCCCNC(=O)c1cccc2cc3ccccc3nc12. The van der Waals surface area contributed by atoms with E-state index in [0.717, 1.165) is 41.2 Å². The van der Waals surface area contributed by atoms with Crippen LogP contribution in [0.15, 0.2) is 48.5 Å². The fourth-order valence-corrected chi connectivity index (χ4v) is 2.84. The maximum absolute atomic E-state index is 12.5. The van der Waals surface area contributed by atoms with Gasteiger partial charge in [-0.3, -0.25) is 4.79 Å². The van der Waals surface area contributed by atoms with Crippen LogP contribution in [0.2, 0.25) is 0 Å². The molecule has 4 heteroatoms. The Labute approximate surface area is 142 Å². The Kier molecular flexibility index (Phi) is 5.06. The van der Waals surface area contributed by atoms with Gasteiger partial charge in [0.15, 0.2) is 0 Å². The molecule has 124 valence electrons. The predicted octanol–water partition coefficient (Wildman–Crippen LogP) is 3.46. The second kappa shape index (κ2) is 7.41. The van der Waals surface area contributed by atoms with Gasteiger partial charge in [-0.2, -0.15) is 0 Å². The van der Waals surface area contributed by atoms with E-state index in [1.54, 1.807) is 0 Å². The molecule has 0 radical (unpaired) electrons. The van der Waals surface area contributed by atoms with E-state index in [0.29, 0.717) is 12.1 Å². The molecular weight excluding hydrogens is 298 g/mol. The molecule has 0 aliphatic carbocycles. The van der Waals surface area contributed by atoms with Crippen molar-refractivity contribution in [2.24, 2.45) is 0 Å². The number of hydrogen-bond donors (Lipinski definition) is 1. The largest absolute Gasteiger partial charge is 0.352 e. The van der Waals surface area contributed by atoms with Crippen molar-refractivity contribution in [3.63, 3.8) is 0 Å². The summed E-state index contributed by atoms with van der Waals surface area (Å²) >= 11 is 0. The average Bonchev–Trinajstić information content (AvgIpc) is 2.58. The molecule has 24 heavy (non-hydrogen) atoms. The van der Waals surface area contributed by atoms with E-state index in [9.17, 15) is 4.79 Å². The highest BCUT2D eigenvalue weighted by atomic mass is 16.1. The molecule has 0 spiro atoms. The molecule has 1 amide bonds. The van der Waals surface area contributed by atoms with Crippen molar-refractivity contribution in [3.05, 3.63) is 54.1 Å². The summed E-state index contributed by atoms with van der Waals surface area (Å²) in [5, 5.41) is 5.10. The van der Waals surface area contributed by atoms with Gasteiger partial charge in [0.1, 0.15) is 0 Å². The van der Waals surface area contributed by atoms with Gasteiger partial charge in [-0.05, 0) is 51.7 Å². The normalized spacial score (nSPS) is 11.3. The Morgan fingerprint density at radius 3 is 2.67 bits per heavy atom. The van der Waals surface area contributed by atoms with Crippen molar-refractivity contribution in [2.45, 2.75) is 12.8 Å². The van der Waals surface area contributed by atoms with Crippen molar-refractivity contribution in [1.82, 2.24) is 15.2 Å². The number of rotatable bonds is 6. The van der Waals surface area contributed by atoms with Gasteiger partial charge in [0, 0.05) is 17.3 Å². The zero-order valence-electron chi connectivity index (χ0n) is 14.2. The molecule has 0 unspecified atom stereocenters. The Bertz CT molecular complexity index is 858. The lowest BCUT2D eigenvalue weighted by Crippen LogP contribution is -2.25. The topological polar surface area (TPSA) is 45.2 Å². The first-order chi connectivity index (χ1) is 11.6. The van der Waals surface area contributed by atoms with Crippen molar-refractivity contribution in [3.8, 4) is 0 Å². The lowest BCUT2D eigenvalue weighted by molar-refractivity contribution is 0.0954. The van der Waals surface area contributed by atoms with E-state index in [-0.39, 0.29) is 5.91 Å². The summed E-state index contributed by atoms with van der Waals surface area (Å²) in [7, 11) is 4.12. The van der Waals surface area contributed by atoms with Gasteiger partial charge in [0.05, 0.1) is 16.6 Å². The number of carbonyl (C=O) groups excluding carboxylic acids is 1. The molecule has 0 aliphatic rings. The van der Waals surface area contributed by atoms with Crippen LogP contribution in [0.4, 0.5) is 0 Å². The second-order valence-electron chi connectivity index (χ2n) is 6.32. The van der Waals surface area contributed by atoms with Gasteiger partial charge in [-0.25, -0.2) is 4.98 Å². The molecule has 1 N–H and O–H groups in total. The Hall–Kier alpha value is -2.46. The van der Waals surface area contributed by atoms with Gasteiger partial charge in [0.2, 0.25) is 0 Å². The van der Waals surface area contributed by atoms with Crippen LogP contribution < -0.4 is 5.32 Å². The zero-order valence-corrected chi connectivity index (χ0v) is 14.2. The molecule has 1 heterocycles. The third kappa shape index (κ3) is 3.71. The predicted molar refractivity (Wildman–Crippen MR) is 99.4 cm³/mol. The van der Waals surface area contributed by atoms with Crippen LogP contribution >= 0.6 is 0 Å². The van der Waals surface area contributed by atoms with Crippen LogP contribution in [0, 0.1) is 0 Å². The summed E-state index contributed by atoms with van der Waals surface area (Å²) in [6.45, 7) is 1.73. The second-order valence-corrected chi connectivity index (χ2v) is 6.32. The molecule has 0 bridgehead atoms. The number of hydrogen-bond acceptors (Lipinski definition) is 3. The van der Waals surface area contributed by atoms with Gasteiger partial charge < -0.3 is 10.2 Å². The first kappa shape index (κ1) is 16.4. The van der Waals surface area contributed by atoms with Crippen molar-refractivity contribution in [2.75, 3.05) is 27.2 Å². The van der Waals surface area contributed by atoms with Crippen molar-refractivity contribution < 1.29 is 4.79 Å². The molecule has 0 aliphatic heterocycles. The smallest absolute Gasteiger partial charge is 0.253 e. The molecule has 0 fully saturated rings. The molecular formula is C20H23N3O. The number of carbonyl (C=O) groups is 1. The van der Waals surface area contributed by atoms with E-state index >= 15 is 0 Å². The minimum Gasteiger partial charge on any atom is -0.352 e. The van der Waals surface area contributed by atoms with E-state index < -0.39 is 0 Å². The number of pyridine rings is 1. The van der Waals surface area contributed by atoms with Crippen LogP contribution in [-0.4, -0.2) is 43.0 Å². The first-order valence-electron chi connectivity index (χ1n) is 8.36. The number of fused-ring (bicyclic) bond motifs is 2. The molecule has 4 nitrogen and oxygen atoms in total. The number of benzene rings is 2. The molecule has 0 atom stereocenters. The lowest BCUT2D eigenvalue weighted by Gasteiger charge is -2.10. The minimum absolute atomic E-state index is 0.0479. The number of nitrogens with one attached hydrogen (secondary N) is 1. The number of nitrogens with zero attached hydrogens (tertiary/aromatic N) is 2. The minimum atomic E-state index is -0.0479. The zero-order chi connectivity index (χ0) is 16.9. The number of amides is 1. The van der Waals surface area contributed by atoms with Gasteiger partial charge in [-0.15, -0.1) is 0 Å². The Morgan fingerprint density at radius 1 is 1.04 bits per heavy atom. The molecule has 2 aromatic carbocycles. The lowest BCUT2D eigenvalue weighted by atomic mass is 10.1. The molecule has 3 aromatic rings. The van der Waals surface area contributed by atoms with E-state index in [1.165, 1.54) is 0 Å². The third-order valence-electron chi connectivity index (χ3n) is 4.11. The summed E-state index contributed by atoms with van der Waals surface area (Å²) in [5.74, 6) is -0.0479. The van der Waals surface area contributed by atoms with E-state index in [1.807, 2.05) is 42.5 Å². The van der Waals surface area contributed by atoms with Crippen molar-refractivity contribution in [1.29, 1.82) is 0 Å². The van der Waals surface area contributed by atoms with Crippen LogP contribution in [0.1, 0.15) is 23.2 Å². The number of unbranched alkanes of at least 4 members (excludes halogenated alkanes) is 1. The molecule has 1 aromatic heterocycles. The van der Waals surface area contributed by atoms with Crippen LogP contribution in [0.25, 0.3) is 21.8 Å². The maximum atomic E-state index is 12.5. The van der Waals surface area contributed by atoms with Crippen LogP contribution in [0.5, 0.6) is 0 Å². The summed E-state index contributed by atoms with van der Waals surface area (Å²) in [4.78, 5) is 19.4. The van der Waals surface area contributed by atoms with Crippen LogP contribution in [0.3, 0.4) is 0 Å². The van der Waals surface area contributed by atoms with Crippen LogP contribution in [-0.2, 0) is 0 Å². The Balaban J connectivity index is 1.78. The summed E-state index contributed by atoms with van der Waals surface area (Å²) in [6.07, 6.45) is 2.05. The first-order valence-corrected chi connectivity index (χ1v) is 8.36. The molecule has 0 saturated carbocycles.